The number of hydrogen-bond donors (Lipinski definition) is 1. The molecule has 1 heterocycles. The number of nitrogens with one attached hydrogen (secondary N) is 1. The minimum absolute atomic E-state index is 0.0102. The van der Waals surface area contributed by atoms with Crippen LogP contribution in [-0.4, -0.2) is 60.2 Å². The van der Waals surface area contributed by atoms with E-state index in [0.29, 0.717) is 26.2 Å². The van der Waals surface area contributed by atoms with Crippen molar-refractivity contribution in [3.8, 4) is 0 Å². The van der Waals surface area contributed by atoms with Gasteiger partial charge >= 0.3 is 0 Å². The maximum absolute atomic E-state index is 12.4. The van der Waals surface area contributed by atoms with Crippen molar-refractivity contribution in [3.05, 3.63) is 48.0 Å². The van der Waals surface area contributed by atoms with E-state index in [1.54, 1.807) is 16.7 Å². The van der Waals surface area contributed by atoms with Crippen LogP contribution in [0.25, 0.3) is 10.8 Å². The van der Waals surface area contributed by atoms with Crippen LogP contribution < -0.4 is 5.32 Å². The van der Waals surface area contributed by atoms with E-state index in [-0.39, 0.29) is 30.7 Å². The molecule has 1 fully saturated rings. The summed E-state index contributed by atoms with van der Waals surface area (Å²) < 4.78 is 0. The molecule has 142 valence electrons. The van der Waals surface area contributed by atoms with Gasteiger partial charge in [-0.2, -0.15) is 0 Å². The maximum Gasteiger partial charge on any atom is 0.242 e. The average molecular weight is 367 g/mol. The molecule has 1 saturated heterocycles. The van der Waals surface area contributed by atoms with Crippen molar-refractivity contribution >= 4 is 28.5 Å². The van der Waals surface area contributed by atoms with Gasteiger partial charge in [-0.3, -0.25) is 14.4 Å². The van der Waals surface area contributed by atoms with E-state index in [1.807, 2.05) is 42.5 Å². The highest BCUT2D eigenvalue weighted by atomic mass is 16.2. The Labute approximate surface area is 159 Å². The number of carbonyl (C=O) groups is 3. The van der Waals surface area contributed by atoms with Crippen molar-refractivity contribution in [2.45, 2.75) is 19.8 Å². The molecule has 27 heavy (non-hydrogen) atoms. The molecule has 0 radical (unpaired) electrons. The number of hydrogen-bond acceptors (Lipinski definition) is 3. The first-order valence-corrected chi connectivity index (χ1v) is 9.31. The second kappa shape index (κ2) is 8.66. The monoisotopic (exact) mass is 367 g/mol. The lowest BCUT2D eigenvalue weighted by atomic mass is 10.0. The van der Waals surface area contributed by atoms with Crippen molar-refractivity contribution in [2.75, 3.05) is 32.7 Å². The zero-order valence-electron chi connectivity index (χ0n) is 15.6. The Morgan fingerprint density at radius 3 is 2.44 bits per heavy atom. The summed E-state index contributed by atoms with van der Waals surface area (Å²) in [7, 11) is 0. The van der Waals surface area contributed by atoms with Gasteiger partial charge in [0.15, 0.2) is 0 Å². The lowest BCUT2D eigenvalue weighted by molar-refractivity contribution is -0.133. The number of fused-ring (bicyclic) bond motifs is 1. The van der Waals surface area contributed by atoms with Crippen LogP contribution in [-0.2, 0) is 20.8 Å². The molecule has 0 spiro atoms. The van der Waals surface area contributed by atoms with Crippen molar-refractivity contribution in [1.82, 2.24) is 15.1 Å². The Bertz CT molecular complexity index is 844. The smallest absolute Gasteiger partial charge is 0.242 e. The Kier molecular flexibility index (Phi) is 6.06. The molecule has 1 aliphatic rings. The molecule has 2 aromatic rings. The third-order valence-electron chi connectivity index (χ3n) is 4.96. The summed E-state index contributed by atoms with van der Waals surface area (Å²) in [6.07, 6.45) is 1.00. The number of benzene rings is 2. The third kappa shape index (κ3) is 4.84. The summed E-state index contributed by atoms with van der Waals surface area (Å²) in [6, 6.07) is 13.8. The van der Waals surface area contributed by atoms with Crippen LogP contribution in [0.5, 0.6) is 0 Å². The molecular weight excluding hydrogens is 342 g/mol. The highest BCUT2D eigenvalue weighted by Gasteiger charge is 2.20. The summed E-state index contributed by atoms with van der Waals surface area (Å²) in [4.78, 5) is 39.7. The second-order valence-electron chi connectivity index (χ2n) is 6.83. The molecule has 0 atom stereocenters. The van der Waals surface area contributed by atoms with Crippen LogP contribution in [0.15, 0.2) is 42.5 Å². The first-order chi connectivity index (χ1) is 13.0. The zero-order valence-corrected chi connectivity index (χ0v) is 15.6. The second-order valence-corrected chi connectivity index (χ2v) is 6.83. The van der Waals surface area contributed by atoms with E-state index in [1.165, 1.54) is 0 Å². The van der Waals surface area contributed by atoms with E-state index in [2.05, 4.69) is 5.32 Å². The molecule has 0 saturated carbocycles. The Balaban J connectivity index is 1.53. The molecular formula is C21H25N3O3. The molecule has 3 amide bonds. The van der Waals surface area contributed by atoms with Gasteiger partial charge in [0.2, 0.25) is 17.7 Å². The third-order valence-corrected chi connectivity index (χ3v) is 4.96. The van der Waals surface area contributed by atoms with E-state index in [0.717, 1.165) is 22.8 Å². The van der Waals surface area contributed by atoms with Gasteiger partial charge in [0.1, 0.15) is 0 Å². The number of rotatable bonds is 4. The standard InChI is InChI=1S/C21H25N3O3/c1-16(25)23-10-5-11-24(13-12-23)21(27)15-22-20(26)14-18-8-4-7-17-6-2-3-9-19(17)18/h2-4,6-9H,5,10-15H2,1H3,(H,22,26). The molecule has 1 aliphatic heterocycles. The van der Waals surface area contributed by atoms with Gasteiger partial charge in [0.05, 0.1) is 13.0 Å². The highest BCUT2D eigenvalue weighted by molar-refractivity contribution is 5.91. The van der Waals surface area contributed by atoms with E-state index in [4.69, 9.17) is 0 Å². The topological polar surface area (TPSA) is 69.7 Å². The quantitative estimate of drug-likeness (QED) is 0.892. The van der Waals surface area contributed by atoms with Gasteiger partial charge in [0.25, 0.3) is 0 Å². The van der Waals surface area contributed by atoms with E-state index >= 15 is 0 Å². The van der Waals surface area contributed by atoms with Crippen molar-refractivity contribution in [2.24, 2.45) is 0 Å². The predicted molar refractivity (Wildman–Crippen MR) is 104 cm³/mol. The maximum atomic E-state index is 12.4. The number of amides is 3. The summed E-state index contributed by atoms with van der Waals surface area (Å²) in [6.45, 7) is 3.88. The molecule has 2 aromatic carbocycles. The van der Waals surface area contributed by atoms with Crippen LogP contribution >= 0.6 is 0 Å². The molecule has 0 aliphatic carbocycles. The van der Waals surface area contributed by atoms with Gasteiger partial charge < -0.3 is 15.1 Å². The summed E-state index contributed by atoms with van der Waals surface area (Å²) >= 11 is 0. The minimum atomic E-state index is -0.167. The van der Waals surface area contributed by atoms with Crippen LogP contribution in [0, 0.1) is 0 Å². The minimum Gasteiger partial charge on any atom is -0.347 e. The van der Waals surface area contributed by atoms with Crippen LogP contribution in [0.4, 0.5) is 0 Å². The first kappa shape index (κ1) is 18.9. The number of nitrogens with zero attached hydrogens (tertiary/aromatic N) is 2. The van der Waals surface area contributed by atoms with E-state index < -0.39 is 0 Å². The molecule has 0 unspecified atom stereocenters. The fraction of sp³-hybridized carbons (Fsp3) is 0.381. The molecule has 1 N–H and O–H groups in total. The summed E-state index contributed by atoms with van der Waals surface area (Å²) in [5.41, 5.74) is 0.949. The van der Waals surface area contributed by atoms with Crippen LogP contribution in [0.1, 0.15) is 18.9 Å². The fourth-order valence-corrected chi connectivity index (χ4v) is 3.45. The van der Waals surface area contributed by atoms with Crippen LogP contribution in [0.3, 0.4) is 0 Å². The highest BCUT2D eigenvalue weighted by Crippen LogP contribution is 2.18. The van der Waals surface area contributed by atoms with Gasteiger partial charge in [-0.15, -0.1) is 0 Å². The molecule has 6 nitrogen and oxygen atoms in total. The fourth-order valence-electron chi connectivity index (χ4n) is 3.45. The normalized spacial score (nSPS) is 14.7. The Morgan fingerprint density at radius 1 is 0.926 bits per heavy atom. The zero-order chi connectivity index (χ0) is 19.2. The van der Waals surface area contributed by atoms with Crippen molar-refractivity contribution in [1.29, 1.82) is 0 Å². The Morgan fingerprint density at radius 2 is 1.63 bits per heavy atom. The van der Waals surface area contributed by atoms with Crippen molar-refractivity contribution in [3.63, 3.8) is 0 Å². The van der Waals surface area contributed by atoms with Gasteiger partial charge in [-0.05, 0) is 22.8 Å². The predicted octanol–water partition coefficient (Wildman–Crippen LogP) is 1.58. The molecule has 3 rings (SSSR count). The van der Waals surface area contributed by atoms with Crippen LogP contribution in [0.2, 0.25) is 0 Å². The van der Waals surface area contributed by atoms with Crippen molar-refractivity contribution < 1.29 is 14.4 Å². The number of carbonyl (C=O) groups excluding carboxylic acids is 3. The Hall–Kier alpha value is -2.89. The van der Waals surface area contributed by atoms with Gasteiger partial charge in [0, 0.05) is 33.1 Å². The summed E-state index contributed by atoms with van der Waals surface area (Å²) in [5.74, 6) is -0.237. The lowest BCUT2D eigenvalue weighted by Crippen LogP contribution is -2.42. The largest absolute Gasteiger partial charge is 0.347 e. The first-order valence-electron chi connectivity index (χ1n) is 9.31. The average Bonchev–Trinajstić information content (AvgIpc) is 2.93. The van der Waals surface area contributed by atoms with Gasteiger partial charge in [-0.25, -0.2) is 0 Å². The van der Waals surface area contributed by atoms with E-state index in [9.17, 15) is 14.4 Å². The SMILES string of the molecule is CC(=O)N1CCCN(C(=O)CNC(=O)Cc2cccc3ccccc23)CC1. The lowest BCUT2D eigenvalue weighted by Gasteiger charge is -2.21. The molecule has 0 bridgehead atoms. The van der Waals surface area contributed by atoms with Gasteiger partial charge in [-0.1, -0.05) is 42.5 Å². The summed E-state index contributed by atoms with van der Waals surface area (Å²) in [5, 5.41) is 4.89. The molecule has 0 aromatic heterocycles. The molecule has 6 heteroatoms.